The van der Waals surface area contributed by atoms with Crippen molar-refractivity contribution in [1.82, 2.24) is 0 Å². The predicted molar refractivity (Wildman–Crippen MR) is 101 cm³/mol. The fourth-order valence-corrected chi connectivity index (χ4v) is 2.39. The molecule has 0 radical (unpaired) electrons. The number of carbonyl (C=O) groups is 2. The van der Waals surface area contributed by atoms with E-state index in [0.29, 0.717) is 17.9 Å². The van der Waals surface area contributed by atoms with Crippen molar-refractivity contribution in [2.75, 3.05) is 11.9 Å². The van der Waals surface area contributed by atoms with Crippen LogP contribution in [0.5, 0.6) is 0 Å². The average Bonchev–Trinajstić information content (AvgIpc) is 2.62. The molecule has 0 fully saturated rings. The molecule has 0 aliphatic carbocycles. The van der Waals surface area contributed by atoms with E-state index < -0.39 is 17.3 Å². The molecule has 2 aromatic carbocycles. The van der Waals surface area contributed by atoms with Crippen molar-refractivity contribution in [2.24, 2.45) is 5.41 Å². The highest BCUT2D eigenvalue weighted by Gasteiger charge is 2.28. The van der Waals surface area contributed by atoms with Crippen LogP contribution < -0.4 is 5.32 Å². The highest BCUT2D eigenvalue weighted by Crippen LogP contribution is 2.23. The second-order valence-corrected chi connectivity index (χ2v) is 7.00. The number of amides is 1. The van der Waals surface area contributed by atoms with Crippen molar-refractivity contribution in [1.29, 1.82) is 0 Å². The second-order valence-electron chi connectivity index (χ2n) is 7.00. The Morgan fingerprint density at radius 2 is 1.81 bits per heavy atom. The van der Waals surface area contributed by atoms with E-state index >= 15 is 0 Å². The van der Waals surface area contributed by atoms with Crippen LogP contribution in [0.2, 0.25) is 0 Å². The summed E-state index contributed by atoms with van der Waals surface area (Å²) in [6, 6.07) is 16.7. The monoisotopic (exact) mass is 355 g/mol. The van der Waals surface area contributed by atoms with Gasteiger partial charge in [-0.05, 0) is 44.0 Å². The lowest BCUT2D eigenvalue weighted by atomic mass is 9.93. The Morgan fingerprint density at radius 3 is 2.46 bits per heavy atom. The number of aliphatic carboxylic acids is 1. The molecule has 1 atom stereocenters. The summed E-state index contributed by atoms with van der Waals surface area (Å²) < 4.78 is 5.70. The van der Waals surface area contributed by atoms with Gasteiger partial charge in [-0.3, -0.25) is 9.59 Å². The number of carbonyl (C=O) groups excluding carboxylic acids is 1. The lowest BCUT2D eigenvalue weighted by Crippen LogP contribution is -2.35. The van der Waals surface area contributed by atoms with Crippen LogP contribution >= 0.6 is 0 Å². The van der Waals surface area contributed by atoms with Crippen LogP contribution in [-0.2, 0) is 20.9 Å². The number of rotatable bonds is 8. The summed E-state index contributed by atoms with van der Waals surface area (Å²) in [5.74, 6) is -1.71. The molecule has 0 aliphatic heterocycles. The SMILES string of the molecule is CC(C(=O)O)c1cccc(NC(=O)C(C)(C)COCc2ccccc2)c1. The summed E-state index contributed by atoms with van der Waals surface area (Å²) in [5, 5.41) is 12.0. The van der Waals surface area contributed by atoms with E-state index in [9.17, 15) is 9.59 Å². The van der Waals surface area contributed by atoms with Gasteiger partial charge in [-0.1, -0.05) is 42.5 Å². The number of carboxylic acid groups (broad SMARTS) is 1. The number of hydrogen-bond donors (Lipinski definition) is 2. The predicted octanol–water partition coefficient (Wildman–Crippen LogP) is 4.06. The number of ether oxygens (including phenoxy) is 1. The molecule has 0 saturated heterocycles. The fraction of sp³-hybridized carbons (Fsp3) is 0.333. The largest absolute Gasteiger partial charge is 0.481 e. The summed E-state index contributed by atoms with van der Waals surface area (Å²) in [6.07, 6.45) is 0. The maximum atomic E-state index is 12.6. The Labute approximate surface area is 154 Å². The van der Waals surface area contributed by atoms with Gasteiger partial charge < -0.3 is 15.2 Å². The normalized spacial score (nSPS) is 12.4. The van der Waals surface area contributed by atoms with Gasteiger partial charge in [0.25, 0.3) is 0 Å². The zero-order chi connectivity index (χ0) is 19.2. The Kier molecular flexibility index (Phi) is 6.52. The standard InChI is InChI=1S/C21H25NO4/c1-15(19(23)24)17-10-7-11-18(12-17)22-20(25)21(2,3)14-26-13-16-8-5-4-6-9-16/h4-12,15H,13-14H2,1-3H3,(H,22,25)(H,23,24). The van der Waals surface area contributed by atoms with Crippen LogP contribution in [0.25, 0.3) is 0 Å². The van der Waals surface area contributed by atoms with Crippen LogP contribution in [-0.4, -0.2) is 23.6 Å². The topological polar surface area (TPSA) is 75.6 Å². The van der Waals surface area contributed by atoms with E-state index in [-0.39, 0.29) is 12.5 Å². The number of anilines is 1. The van der Waals surface area contributed by atoms with E-state index in [1.165, 1.54) is 0 Å². The van der Waals surface area contributed by atoms with E-state index in [4.69, 9.17) is 9.84 Å². The highest BCUT2D eigenvalue weighted by atomic mass is 16.5. The Balaban J connectivity index is 1.95. The maximum Gasteiger partial charge on any atom is 0.310 e. The van der Waals surface area contributed by atoms with Gasteiger partial charge in [0.1, 0.15) is 0 Å². The molecule has 5 nitrogen and oxygen atoms in total. The molecule has 2 N–H and O–H groups in total. The smallest absolute Gasteiger partial charge is 0.310 e. The molecule has 0 spiro atoms. The zero-order valence-corrected chi connectivity index (χ0v) is 15.4. The molecule has 0 aromatic heterocycles. The lowest BCUT2D eigenvalue weighted by Gasteiger charge is -2.23. The van der Waals surface area contributed by atoms with Crippen LogP contribution in [0.4, 0.5) is 5.69 Å². The summed E-state index contributed by atoms with van der Waals surface area (Å²) in [7, 11) is 0. The maximum absolute atomic E-state index is 12.6. The Hall–Kier alpha value is -2.66. The van der Waals surface area contributed by atoms with Crippen molar-refractivity contribution in [2.45, 2.75) is 33.3 Å². The first-order valence-corrected chi connectivity index (χ1v) is 8.55. The van der Waals surface area contributed by atoms with Gasteiger partial charge in [0, 0.05) is 5.69 Å². The van der Waals surface area contributed by atoms with E-state index in [1.807, 2.05) is 44.2 Å². The molecular formula is C21H25NO4. The number of nitrogens with one attached hydrogen (secondary N) is 1. The van der Waals surface area contributed by atoms with Crippen molar-refractivity contribution >= 4 is 17.6 Å². The van der Waals surface area contributed by atoms with Crippen LogP contribution in [0.1, 0.15) is 37.8 Å². The second kappa shape index (κ2) is 8.63. The van der Waals surface area contributed by atoms with Crippen molar-refractivity contribution in [3.05, 3.63) is 65.7 Å². The molecule has 138 valence electrons. The van der Waals surface area contributed by atoms with Crippen LogP contribution in [0, 0.1) is 5.41 Å². The zero-order valence-electron chi connectivity index (χ0n) is 15.4. The minimum absolute atomic E-state index is 0.175. The Morgan fingerprint density at radius 1 is 1.12 bits per heavy atom. The van der Waals surface area contributed by atoms with Gasteiger partial charge >= 0.3 is 5.97 Å². The fourth-order valence-electron chi connectivity index (χ4n) is 2.39. The van der Waals surface area contributed by atoms with Crippen molar-refractivity contribution in [3.8, 4) is 0 Å². The molecule has 1 unspecified atom stereocenters. The average molecular weight is 355 g/mol. The van der Waals surface area contributed by atoms with Gasteiger partial charge in [0.2, 0.25) is 5.91 Å². The molecule has 26 heavy (non-hydrogen) atoms. The number of hydrogen-bond acceptors (Lipinski definition) is 3. The quantitative estimate of drug-likeness (QED) is 0.749. The summed E-state index contributed by atoms with van der Waals surface area (Å²) in [6.45, 7) is 5.97. The molecule has 5 heteroatoms. The first kappa shape index (κ1) is 19.7. The molecule has 2 rings (SSSR count). The van der Waals surface area contributed by atoms with E-state index in [1.54, 1.807) is 31.2 Å². The molecule has 0 saturated carbocycles. The summed E-state index contributed by atoms with van der Waals surface area (Å²) in [4.78, 5) is 23.7. The van der Waals surface area contributed by atoms with Gasteiger partial charge in [-0.15, -0.1) is 0 Å². The Bertz CT molecular complexity index is 756. The molecular weight excluding hydrogens is 330 g/mol. The molecule has 0 bridgehead atoms. The van der Waals surface area contributed by atoms with Gasteiger partial charge in [-0.25, -0.2) is 0 Å². The number of carboxylic acids is 1. The van der Waals surface area contributed by atoms with Gasteiger partial charge in [0.15, 0.2) is 0 Å². The molecule has 0 aliphatic rings. The summed E-state index contributed by atoms with van der Waals surface area (Å²) in [5.41, 5.74) is 1.56. The molecule has 0 heterocycles. The van der Waals surface area contributed by atoms with Crippen LogP contribution in [0.3, 0.4) is 0 Å². The van der Waals surface area contributed by atoms with Crippen molar-refractivity contribution in [3.63, 3.8) is 0 Å². The highest BCUT2D eigenvalue weighted by molar-refractivity contribution is 5.95. The third-order valence-electron chi connectivity index (χ3n) is 4.20. The van der Waals surface area contributed by atoms with Crippen molar-refractivity contribution < 1.29 is 19.4 Å². The molecule has 1 amide bonds. The third-order valence-corrected chi connectivity index (χ3v) is 4.20. The first-order valence-electron chi connectivity index (χ1n) is 8.55. The lowest BCUT2D eigenvalue weighted by molar-refractivity contribution is -0.138. The van der Waals surface area contributed by atoms with Crippen LogP contribution in [0.15, 0.2) is 54.6 Å². The van der Waals surface area contributed by atoms with E-state index in [2.05, 4.69) is 5.32 Å². The number of benzene rings is 2. The minimum atomic E-state index is -0.900. The first-order chi connectivity index (χ1) is 12.3. The van der Waals surface area contributed by atoms with E-state index in [0.717, 1.165) is 5.56 Å². The summed E-state index contributed by atoms with van der Waals surface area (Å²) >= 11 is 0. The minimum Gasteiger partial charge on any atom is -0.481 e. The van der Waals surface area contributed by atoms with Gasteiger partial charge in [0.05, 0.1) is 24.5 Å². The van der Waals surface area contributed by atoms with Gasteiger partial charge in [-0.2, -0.15) is 0 Å². The molecule has 2 aromatic rings. The third kappa shape index (κ3) is 5.43.